The van der Waals surface area contributed by atoms with Gasteiger partial charge in [-0.3, -0.25) is 0 Å². The number of rotatable bonds is 6. The molecule has 1 atom stereocenters. The van der Waals surface area contributed by atoms with Crippen LogP contribution in [-0.2, 0) is 0 Å². The first-order chi connectivity index (χ1) is 12.8. The van der Waals surface area contributed by atoms with E-state index in [1.54, 1.807) is 24.3 Å². The van der Waals surface area contributed by atoms with Crippen LogP contribution in [0.4, 0.5) is 5.69 Å². The van der Waals surface area contributed by atoms with E-state index in [0.717, 1.165) is 18.4 Å². The van der Waals surface area contributed by atoms with Crippen molar-refractivity contribution in [2.24, 2.45) is 0 Å². The Kier molecular flexibility index (Phi) is 9.95. The second kappa shape index (κ2) is 11.4. The van der Waals surface area contributed by atoms with Crippen molar-refractivity contribution in [3.8, 4) is 5.75 Å². The summed E-state index contributed by atoms with van der Waals surface area (Å²) in [7, 11) is 1.53. The quantitative estimate of drug-likeness (QED) is 0.541. The molecule has 150 valence electrons. The molecule has 27 heavy (non-hydrogen) atoms. The van der Waals surface area contributed by atoms with E-state index in [9.17, 15) is 5.11 Å². The predicted octanol–water partition coefficient (Wildman–Crippen LogP) is 5.57. The van der Waals surface area contributed by atoms with E-state index in [0.29, 0.717) is 39.2 Å². The maximum absolute atomic E-state index is 10.7. The molecule has 0 aromatic heterocycles. The van der Waals surface area contributed by atoms with Crippen molar-refractivity contribution in [3.63, 3.8) is 0 Å². The molecule has 0 aliphatic rings. The molecule has 2 aromatic carbocycles. The number of aliphatic hydroxyl groups is 2. The Bertz CT molecular complexity index is 734. The second-order valence-corrected chi connectivity index (χ2v) is 7.31. The van der Waals surface area contributed by atoms with E-state index < -0.39 is 6.10 Å². The smallest absolute Gasteiger partial charge is 0.137 e. The topological polar surface area (TPSA) is 75.7 Å². The summed E-state index contributed by atoms with van der Waals surface area (Å²) in [6, 6.07) is 8.74. The molecule has 0 saturated heterocycles. The number of ether oxygens (including phenoxy) is 1. The Hall–Kier alpha value is -1.46. The number of hydrogen-bond acceptors (Lipinski definition) is 4. The van der Waals surface area contributed by atoms with Crippen molar-refractivity contribution >= 4 is 28.9 Å². The van der Waals surface area contributed by atoms with E-state index >= 15 is 0 Å². The Morgan fingerprint density at radius 2 is 1.74 bits per heavy atom. The number of aliphatic hydroxyl groups excluding tert-OH is 2. The van der Waals surface area contributed by atoms with Gasteiger partial charge in [0.15, 0.2) is 0 Å². The summed E-state index contributed by atoms with van der Waals surface area (Å²) >= 11 is 12.5. The third-order valence-corrected chi connectivity index (χ3v) is 4.77. The number of unbranched alkanes of at least 4 members (excludes halogenated alkanes) is 1. The fourth-order valence-corrected chi connectivity index (χ4v) is 3.13. The Morgan fingerprint density at radius 1 is 1.11 bits per heavy atom. The van der Waals surface area contributed by atoms with Gasteiger partial charge in [0.05, 0.1) is 12.1 Å². The van der Waals surface area contributed by atoms with Crippen molar-refractivity contribution in [2.75, 3.05) is 19.5 Å². The monoisotopic (exact) mass is 413 g/mol. The van der Waals surface area contributed by atoms with Crippen LogP contribution in [0.2, 0.25) is 10.0 Å². The van der Waals surface area contributed by atoms with Crippen molar-refractivity contribution in [3.05, 3.63) is 57.1 Å². The SMILES string of the molecule is CCCCO.COc1cccc(C(O)c2cc(Cl)cc(C(C)C)c2N)c1Cl. The van der Waals surface area contributed by atoms with E-state index in [1.807, 2.05) is 19.9 Å². The largest absolute Gasteiger partial charge is 0.495 e. The standard InChI is InChI=1S/C17H19Cl2NO2.C4H10O/c1-9(2)12-7-10(18)8-13(16(12)20)17(21)11-5-4-6-14(22-3)15(11)19;1-2-3-4-5/h4-9,17,21H,20H2,1-3H3;5H,2-4H2,1H3. The number of halogens is 2. The summed E-state index contributed by atoms with van der Waals surface area (Å²) in [5, 5.41) is 19.7. The number of nitrogen functional groups attached to an aromatic ring is 1. The second-order valence-electron chi connectivity index (χ2n) is 6.50. The zero-order chi connectivity index (χ0) is 20.6. The van der Waals surface area contributed by atoms with Gasteiger partial charge in [-0.25, -0.2) is 0 Å². The van der Waals surface area contributed by atoms with Crippen molar-refractivity contribution in [2.45, 2.75) is 45.6 Å². The lowest BCUT2D eigenvalue weighted by atomic mass is 9.93. The van der Waals surface area contributed by atoms with Gasteiger partial charge in [0.25, 0.3) is 0 Å². The lowest BCUT2D eigenvalue weighted by Gasteiger charge is -2.20. The van der Waals surface area contributed by atoms with E-state index in [4.69, 9.17) is 38.8 Å². The molecule has 0 amide bonds. The van der Waals surface area contributed by atoms with Gasteiger partial charge >= 0.3 is 0 Å². The summed E-state index contributed by atoms with van der Waals surface area (Å²) in [4.78, 5) is 0. The van der Waals surface area contributed by atoms with Gasteiger partial charge in [0.1, 0.15) is 11.9 Å². The molecule has 0 heterocycles. The molecule has 0 aliphatic heterocycles. The summed E-state index contributed by atoms with van der Waals surface area (Å²) < 4.78 is 5.19. The Labute approximate surface area is 171 Å². The molecule has 2 aromatic rings. The highest BCUT2D eigenvalue weighted by Crippen LogP contribution is 2.39. The van der Waals surface area contributed by atoms with Gasteiger partial charge < -0.3 is 20.7 Å². The van der Waals surface area contributed by atoms with Crippen LogP contribution in [0, 0.1) is 0 Å². The highest BCUT2D eigenvalue weighted by Gasteiger charge is 2.21. The van der Waals surface area contributed by atoms with Gasteiger partial charge in [0, 0.05) is 28.4 Å². The summed E-state index contributed by atoms with van der Waals surface area (Å²) in [5.74, 6) is 0.702. The van der Waals surface area contributed by atoms with Gasteiger partial charge in [-0.1, -0.05) is 62.5 Å². The van der Waals surface area contributed by atoms with Crippen LogP contribution in [-0.4, -0.2) is 23.9 Å². The molecule has 2 rings (SSSR count). The van der Waals surface area contributed by atoms with E-state index in [-0.39, 0.29) is 5.92 Å². The highest BCUT2D eigenvalue weighted by molar-refractivity contribution is 6.33. The molecule has 6 heteroatoms. The third-order valence-electron chi connectivity index (χ3n) is 4.14. The van der Waals surface area contributed by atoms with E-state index in [2.05, 4.69) is 6.92 Å². The van der Waals surface area contributed by atoms with Crippen LogP contribution in [0.25, 0.3) is 0 Å². The van der Waals surface area contributed by atoms with Gasteiger partial charge in [0.2, 0.25) is 0 Å². The fraction of sp³-hybridized carbons (Fsp3) is 0.429. The zero-order valence-corrected chi connectivity index (χ0v) is 17.8. The Morgan fingerprint density at radius 3 is 2.22 bits per heavy atom. The number of benzene rings is 2. The number of nitrogens with two attached hydrogens (primary N) is 1. The molecule has 4 nitrogen and oxygen atoms in total. The number of methoxy groups -OCH3 is 1. The number of hydrogen-bond donors (Lipinski definition) is 3. The first-order valence-electron chi connectivity index (χ1n) is 8.98. The average molecular weight is 414 g/mol. The first-order valence-corrected chi connectivity index (χ1v) is 9.74. The molecule has 0 bridgehead atoms. The van der Waals surface area contributed by atoms with Crippen molar-refractivity contribution < 1.29 is 14.9 Å². The number of anilines is 1. The fourth-order valence-electron chi connectivity index (χ4n) is 2.59. The first kappa shape index (κ1) is 23.6. The van der Waals surface area contributed by atoms with E-state index in [1.165, 1.54) is 7.11 Å². The molecule has 0 spiro atoms. The minimum atomic E-state index is -0.973. The van der Waals surface area contributed by atoms with Gasteiger partial charge in [-0.05, 0) is 36.1 Å². The summed E-state index contributed by atoms with van der Waals surface area (Å²) in [6.45, 7) is 6.44. The van der Waals surface area contributed by atoms with Crippen LogP contribution in [0.5, 0.6) is 5.75 Å². The van der Waals surface area contributed by atoms with Gasteiger partial charge in [-0.2, -0.15) is 0 Å². The molecule has 0 saturated carbocycles. The Balaban J connectivity index is 0.000000646. The molecule has 4 N–H and O–H groups in total. The highest BCUT2D eigenvalue weighted by atomic mass is 35.5. The minimum Gasteiger partial charge on any atom is -0.495 e. The van der Waals surface area contributed by atoms with Crippen molar-refractivity contribution in [1.29, 1.82) is 0 Å². The third kappa shape index (κ3) is 6.28. The maximum atomic E-state index is 10.7. The molecule has 1 unspecified atom stereocenters. The van der Waals surface area contributed by atoms with Crippen molar-refractivity contribution in [1.82, 2.24) is 0 Å². The van der Waals surface area contributed by atoms with Crippen LogP contribution < -0.4 is 10.5 Å². The lowest BCUT2D eigenvalue weighted by Crippen LogP contribution is -2.08. The average Bonchev–Trinajstić information content (AvgIpc) is 2.64. The van der Waals surface area contributed by atoms with Crippen LogP contribution in [0.3, 0.4) is 0 Å². The van der Waals surface area contributed by atoms with Crippen LogP contribution in [0.15, 0.2) is 30.3 Å². The van der Waals surface area contributed by atoms with Crippen LogP contribution in [0.1, 0.15) is 62.3 Å². The lowest BCUT2D eigenvalue weighted by molar-refractivity contribution is 0.220. The summed E-state index contributed by atoms with van der Waals surface area (Å²) in [5.41, 5.74) is 8.74. The predicted molar refractivity (Wildman–Crippen MR) is 114 cm³/mol. The summed E-state index contributed by atoms with van der Waals surface area (Å²) in [6.07, 6.45) is 1.06. The normalized spacial score (nSPS) is 11.7. The molecule has 0 aliphatic carbocycles. The molecular formula is C21H29Cl2NO3. The molecular weight excluding hydrogens is 385 g/mol. The maximum Gasteiger partial charge on any atom is 0.137 e. The minimum absolute atomic E-state index is 0.199. The molecule has 0 radical (unpaired) electrons. The van der Waals surface area contributed by atoms with Gasteiger partial charge in [-0.15, -0.1) is 0 Å². The zero-order valence-electron chi connectivity index (χ0n) is 16.3. The molecule has 0 fully saturated rings. The van der Waals surface area contributed by atoms with Crippen LogP contribution >= 0.6 is 23.2 Å².